The van der Waals surface area contributed by atoms with Crippen molar-refractivity contribution < 1.29 is 8.42 Å². The number of hydrogen-bond acceptors (Lipinski definition) is 3. The van der Waals surface area contributed by atoms with Gasteiger partial charge in [0.05, 0.1) is 9.80 Å². The van der Waals surface area contributed by atoms with Gasteiger partial charge in [-0.3, -0.25) is 0 Å². The second-order valence-electron chi connectivity index (χ2n) is 3.93. The van der Waals surface area contributed by atoms with E-state index in [4.69, 9.17) is 0 Å². The van der Waals surface area contributed by atoms with Gasteiger partial charge in [-0.05, 0) is 30.0 Å². The molecular weight excluding hydrogens is 222 g/mol. The number of fused-ring (bicyclic) bond motifs is 3. The Morgan fingerprint density at radius 1 is 1.25 bits per heavy atom. The first-order chi connectivity index (χ1) is 7.71. The third-order valence-electron chi connectivity index (χ3n) is 3.03. The molecule has 0 aromatic heterocycles. The summed E-state index contributed by atoms with van der Waals surface area (Å²) in [5, 5.41) is 3.10. The summed E-state index contributed by atoms with van der Waals surface area (Å²) < 4.78 is 24.5. The van der Waals surface area contributed by atoms with Crippen molar-refractivity contribution in [2.24, 2.45) is 0 Å². The highest BCUT2D eigenvalue weighted by atomic mass is 32.2. The van der Waals surface area contributed by atoms with Crippen molar-refractivity contribution in [1.82, 2.24) is 5.32 Å². The highest BCUT2D eigenvalue weighted by Gasteiger charge is 2.39. The van der Waals surface area contributed by atoms with Crippen LogP contribution < -0.4 is 5.32 Å². The zero-order valence-corrected chi connectivity index (χ0v) is 9.37. The summed E-state index contributed by atoms with van der Waals surface area (Å²) in [4.78, 5) is 0.971. The molecule has 3 rings (SSSR count). The maximum atomic E-state index is 12.2. The van der Waals surface area contributed by atoms with Crippen LogP contribution in [0.25, 0.3) is 0 Å². The standard InChI is InChI=1S/C12H11NO2S/c14-16(15)11-5-2-1-4-9(11)10-8-13-7-3-6-12(10)16/h1-7,10,13H,8H2. The average molecular weight is 233 g/mol. The number of hydrogen-bond donors (Lipinski definition) is 1. The van der Waals surface area contributed by atoms with Crippen molar-refractivity contribution >= 4 is 9.84 Å². The van der Waals surface area contributed by atoms with Crippen LogP contribution in [0, 0.1) is 0 Å². The van der Waals surface area contributed by atoms with Crippen LogP contribution in [-0.4, -0.2) is 15.0 Å². The molecule has 0 aliphatic carbocycles. The first kappa shape index (κ1) is 9.66. The molecule has 16 heavy (non-hydrogen) atoms. The van der Waals surface area contributed by atoms with E-state index in [1.807, 2.05) is 12.1 Å². The van der Waals surface area contributed by atoms with Gasteiger partial charge in [-0.1, -0.05) is 18.2 Å². The van der Waals surface area contributed by atoms with E-state index >= 15 is 0 Å². The molecule has 0 amide bonds. The van der Waals surface area contributed by atoms with Gasteiger partial charge >= 0.3 is 0 Å². The van der Waals surface area contributed by atoms with E-state index in [9.17, 15) is 8.42 Å². The van der Waals surface area contributed by atoms with Crippen LogP contribution in [0.1, 0.15) is 11.5 Å². The lowest BCUT2D eigenvalue weighted by atomic mass is 9.99. The van der Waals surface area contributed by atoms with Gasteiger partial charge in [0.25, 0.3) is 0 Å². The molecule has 2 aliphatic rings. The second kappa shape index (κ2) is 3.22. The molecule has 1 aromatic rings. The first-order valence-corrected chi connectivity index (χ1v) is 6.64. The summed E-state index contributed by atoms with van der Waals surface area (Å²) in [6.45, 7) is 0.637. The minimum absolute atomic E-state index is 0.0452. The Kier molecular flexibility index (Phi) is 1.94. The van der Waals surface area contributed by atoms with E-state index < -0.39 is 9.84 Å². The second-order valence-corrected chi connectivity index (χ2v) is 5.85. The van der Waals surface area contributed by atoms with E-state index in [0.29, 0.717) is 16.3 Å². The van der Waals surface area contributed by atoms with Crippen LogP contribution in [0.15, 0.2) is 52.4 Å². The van der Waals surface area contributed by atoms with Crippen LogP contribution in [-0.2, 0) is 9.84 Å². The maximum Gasteiger partial charge on any atom is 0.203 e. The molecule has 1 atom stereocenters. The molecule has 0 radical (unpaired) electrons. The summed E-state index contributed by atoms with van der Waals surface area (Å²) in [5.41, 5.74) is 0.907. The molecule has 4 heteroatoms. The molecule has 3 nitrogen and oxygen atoms in total. The van der Waals surface area contributed by atoms with Gasteiger partial charge in [-0.15, -0.1) is 0 Å². The van der Waals surface area contributed by atoms with E-state index in [0.717, 1.165) is 5.56 Å². The molecule has 1 aromatic carbocycles. The minimum Gasteiger partial charge on any atom is -0.390 e. The molecule has 1 unspecified atom stereocenters. The largest absolute Gasteiger partial charge is 0.390 e. The molecule has 0 bridgehead atoms. The van der Waals surface area contributed by atoms with Crippen molar-refractivity contribution in [3.05, 3.63) is 53.1 Å². The summed E-state index contributed by atoms with van der Waals surface area (Å²) in [5.74, 6) is -0.0452. The van der Waals surface area contributed by atoms with Crippen molar-refractivity contribution in [3.63, 3.8) is 0 Å². The normalized spacial score (nSPS) is 25.0. The van der Waals surface area contributed by atoms with Crippen LogP contribution in [0.4, 0.5) is 0 Å². The Hall–Kier alpha value is -1.55. The Morgan fingerprint density at radius 2 is 2.06 bits per heavy atom. The third kappa shape index (κ3) is 1.16. The lowest BCUT2D eigenvalue weighted by molar-refractivity contribution is 0.603. The molecule has 0 fully saturated rings. The highest BCUT2D eigenvalue weighted by molar-refractivity contribution is 7.95. The fourth-order valence-corrected chi connectivity index (χ4v) is 4.17. The number of benzene rings is 1. The number of sulfone groups is 1. The molecular formula is C12H11NO2S. The van der Waals surface area contributed by atoms with Gasteiger partial charge in [-0.2, -0.15) is 0 Å². The lowest BCUT2D eigenvalue weighted by Gasteiger charge is -2.09. The SMILES string of the molecule is O=S1(=O)C2=CC=CNCC2c2ccccc21. The molecule has 0 saturated heterocycles. The maximum absolute atomic E-state index is 12.2. The topological polar surface area (TPSA) is 46.2 Å². The van der Waals surface area contributed by atoms with Crippen LogP contribution >= 0.6 is 0 Å². The fraction of sp³-hybridized carbons (Fsp3) is 0.167. The number of rotatable bonds is 0. The predicted octanol–water partition coefficient (Wildman–Crippen LogP) is 1.56. The highest BCUT2D eigenvalue weighted by Crippen LogP contribution is 2.43. The predicted molar refractivity (Wildman–Crippen MR) is 61.6 cm³/mol. The molecule has 0 spiro atoms. The van der Waals surface area contributed by atoms with Crippen molar-refractivity contribution in [2.75, 3.05) is 6.54 Å². The van der Waals surface area contributed by atoms with Crippen molar-refractivity contribution in [1.29, 1.82) is 0 Å². The van der Waals surface area contributed by atoms with Gasteiger partial charge in [0.1, 0.15) is 0 Å². The minimum atomic E-state index is -3.26. The van der Waals surface area contributed by atoms with Gasteiger partial charge in [-0.25, -0.2) is 8.42 Å². The molecule has 82 valence electrons. The van der Waals surface area contributed by atoms with Gasteiger partial charge < -0.3 is 5.32 Å². The smallest absolute Gasteiger partial charge is 0.203 e. The monoisotopic (exact) mass is 233 g/mol. The van der Waals surface area contributed by atoms with Crippen LogP contribution in [0.5, 0.6) is 0 Å². The van der Waals surface area contributed by atoms with Crippen molar-refractivity contribution in [3.8, 4) is 0 Å². The van der Waals surface area contributed by atoms with Gasteiger partial charge in [0.2, 0.25) is 9.84 Å². The van der Waals surface area contributed by atoms with Crippen molar-refractivity contribution in [2.45, 2.75) is 10.8 Å². The Balaban J connectivity index is 2.31. The molecule has 0 saturated carbocycles. The first-order valence-electron chi connectivity index (χ1n) is 5.15. The summed E-state index contributed by atoms with van der Waals surface area (Å²) in [6, 6.07) is 7.23. The zero-order chi connectivity index (χ0) is 11.2. The quantitative estimate of drug-likeness (QED) is 0.739. The number of allylic oxidation sites excluding steroid dienone is 2. The number of nitrogens with one attached hydrogen (secondary N) is 1. The Morgan fingerprint density at radius 3 is 2.94 bits per heavy atom. The van der Waals surface area contributed by atoms with Crippen LogP contribution in [0.3, 0.4) is 0 Å². The molecule has 2 aliphatic heterocycles. The summed E-state index contributed by atoms with van der Waals surface area (Å²) >= 11 is 0. The van der Waals surface area contributed by atoms with Gasteiger partial charge in [0.15, 0.2) is 0 Å². The van der Waals surface area contributed by atoms with E-state index in [1.54, 1.807) is 30.5 Å². The summed E-state index contributed by atoms with van der Waals surface area (Å²) in [6.07, 6.45) is 5.22. The molecule has 2 heterocycles. The van der Waals surface area contributed by atoms with E-state index in [-0.39, 0.29) is 5.92 Å². The summed E-state index contributed by atoms with van der Waals surface area (Å²) in [7, 11) is -3.26. The van der Waals surface area contributed by atoms with Gasteiger partial charge in [0, 0.05) is 12.5 Å². The average Bonchev–Trinajstić information content (AvgIpc) is 2.50. The lowest BCUT2D eigenvalue weighted by Crippen LogP contribution is -2.15. The van der Waals surface area contributed by atoms with E-state index in [2.05, 4.69) is 5.32 Å². The fourth-order valence-electron chi connectivity index (χ4n) is 2.29. The van der Waals surface area contributed by atoms with E-state index in [1.165, 1.54) is 0 Å². The molecule has 1 N–H and O–H groups in total. The zero-order valence-electron chi connectivity index (χ0n) is 8.55. The Labute approximate surface area is 94.4 Å². The van der Waals surface area contributed by atoms with Crippen LogP contribution in [0.2, 0.25) is 0 Å². The Bertz CT molecular complexity index is 599. The third-order valence-corrected chi connectivity index (χ3v) is 5.03.